The molecule has 1 heterocycles. The van der Waals surface area contributed by atoms with Gasteiger partial charge in [-0.1, -0.05) is 52.4 Å². The Kier molecular flexibility index (Phi) is 8.66. The maximum atomic E-state index is 6.05. The molecular formula is C16H30OS. The van der Waals surface area contributed by atoms with Crippen LogP contribution in [0, 0.1) is 0 Å². The Morgan fingerprint density at radius 3 is 2.39 bits per heavy atom. The fourth-order valence-corrected chi connectivity index (χ4v) is 3.44. The monoisotopic (exact) mass is 270 g/mol. The van der Waals surface area contributed by atoms with E-state index in [0.717, 1.165) is 12.2 Å². The van der Waals surface area contributed by atoms with E-state index in [9.17, 15) is 0 Å². The van der Waals surface area contributed by atoms with E-state index in [1.165, 1.54) is 62.0 Å². The Bertz CT molecular complexity index is 247. The molecule has 0 bridgehead atoms. The first kappa shape index (κ1) is 15.9. The number of allylic oxidation sites excluding steroid dienone is 2. The van der Waals surface area contributed by atoms with Crippen molar-refractivity contribution in [3.63, 3.8) is 0 Å². The Balaban J connectivity index is 2.03. The van der Waals surface area contributed by atoms with E-state index in [1.54, 1.807) is 0 Å². The van der Waals surface area contributed by atoms with Gasteiger partial charge < -0.3 is 4.74 Å². The minimum absolute atomic E-state index is 0.476. The number of ether oxygens (including phenoxy) is 1. The van der Waals surface area contributed by atoms with Crippen molar-refractivity contribution in [2.75, 3.05) is 5.75 Å². The predicted molar refractivity (Wildman–Crippen MR) is 82.9 cm³/mol. The smallest absolute Gasteiger partial charge is 0.108 e. The van der Waals surface area contributed by atoms with Crippen LogP contribution in [0.5, 0.6) is 0 Å². The highest BCUT2D eigenvalue weighted by atomic mass is 32.2. The highest BCUT2D eigenvalue weighted by molar-refractivity contribution is 8.03. The lowest BCUT2D eigenvalue weighted by molar-refractivity contribution is 0.115. The molecule has 1 atom stereocenters. The number of hydrogen-bond acceptors (Lipinski definition) is 2. The Morgan fingerprint density at radius 1 is 1.06 bits per heavy atom. The summed E-state index contributed by atoms with van der Waals surface area (Å²) in [7, 11) is 0. The predicted octanol–water partition coefficient (Wildman–Crippen LogP) is 5.90. The normalized spacial score (nSPS) is 20.1. The van der Waals surface area contributed by atoms with Crippen molar-refractivity contribution >= 4 is 11.8 Å². The lowest BCUT2D eigenvalue weighted by Gasteiger charge is -2.26. The topological polar surface area (TPSA) is 9.23 Å². The van der Waals surface area contributed by atoms with Crippen LogP contribution in [0.3, 0.4) is 0 Å². The molecule has 0 fully saturated rings. The van der Waals surface area contributed by atoms with Crippen molar-refractivity contribution in [3.8, 4) is 0 Å². The first-order valence-corrected chi connectivity index (χ1v) is 8.75. The van der Waals surface area contributed by atoms with Gasteiger partial charge >= 0.3 is 0 Å². The molecule has 0 saturated carbocycles. The fourth-order valence-electron chi connectivity index (χ4n) is 2.42. The maximum Gasteiger partial charge on any atom is 0.108 e. The van der Waals surface area contributed by atoms with Gasteiger partial charge in [0.25, 0.3) is 0 Å². The zero-order valence-corrected chi connectivity index (χ0v) is 13.3. The molecule has 1 aliphatic rings. The van der Waals surface area contributed by atoms with E-state index in [4.69, 9.17) is 4.74 Å². The minimum atomic E-state index is 0.476. The summed E-state index contributed by atoms with van der Waals surface area (Å²) in [4.78, 5) is 1.40. The van der Waals surface area contributed by atoms with Crippen LogP contribution < -0.4 is 0 Å². The first-order chi connectivity index (χ1) is 8.77. The molecule has 1 aliphatic heterocycles. The molecule has 1 rings (SSSR count). The van der Waals surface area contributed by atoms with Crippen LogP contribution in [0.15, 0.2) is 10.7 Å². The zero-order chi connectivity index (χ0) is 13.2. The average molecular weight is 270 g/mol. The molecule has 106 valence electrons. The van der Waals surface area contributed by atoms with Crippen molar-refractivity contribution in [3.05, 3.63) is 10.7 Å². The van der Waals surface area contributed by atoms with Gasteiger partial charge in [-0.15, -0.1) is 11.8 Å². The summed E-state index contributed by atoms with van der Waals surface area (Å²) in [5, 5.41) is 0. The molecule has 0 spiro atoms. The van der Waals surface area contributed by atoms with E-state index in [-0.39, 0.29) is 0 Å². The van der Waals surface area contributed by atoms with Crippen molar-refractivity contribution < 1.29 is 4.74 Å². The molecule has 0 aromatic heterocycles. The van der Waals surface area contributed by atoms with Gasteiger partial charge in [0, 0.05) is 17.1 Å². The lowest BCUT2D eigenvalue weighted by Crippen LogP contribution is -2.19. The molecule has 2 heteroatoms. The third-order valence-electron chi connectivity index (χ3n) is 3.64. The van der Waals surface area contributed by atoms with Crippen LogP contribution in [0.1, 0.15) is 78.6 Å². The highest BCUT2D eigenvalue weighted by Crippen LogP contribution is 2.31. The molecule has 0 aromatic rings. The van der Waals surface area contributed by atoms with E-state index >= 15 is 0 Å². The molecule has 1 nitrogen and oxygen atoms in total. The molecule has 0 saturated heterocycles. The van der Waals surface area contributed by atoms with Crippen molar-refractivity contribution in [1.29, 1.82) is 0 Å². The summed E-state index contributed by atoms with van der Waals surface area (Å²) in [6.45, 7) is 6.65. The number of thioether (sulfide) groups is 1. The second kappa shape index (κ2) is 9.77. The van der Waals surface area contributed by atoms with Crippen LogP contribution in [-0.4, -0.2) is 11.9 Å². The van der Waals surface area contributed by atoms with E-state index in [0.29, 0.717) is 6.10 Å². The Hall–Kier alpha value is -0.110. The number of unbranched alkanes of at least 4 members (excludes halogenated alkanes) is 6. The van der Waals surface area contributed by atoms with Crippen molar-refractivity contribution in [1.82, 2.24) is 0 Å². The molecule has 0 aromatic carbocycles. The Labute approximate surface area is 118 Å². The van der Waals surface area contributed by atoms with Gasteiger partial charge in [0.05, 0.1) is 0 Å². The molecule has 18 heavy (non-hydrogen) atoms. The van der Waals surface area contributed by atoms with E-state index in [2.05, 4.69) is 20.8 Å². The van der Waals surface area contributed by atoms with Gasteiger partial charge in [-0.05, 0) is 19.8 Å². The third-order valence-corrected chi connectivity index (χ3v) is 4.84. The van der Waals surface area contributed by atoms with E-state index in [1.807, 2.05) is 11.8 Å². The summed E-state index contributed by atoms with van der Waals surface area (Å²) in [5.41, 5.74) is 0. The third kappa shape index (κ3) is 6.17. The molecule has 0 radical (unpaired) electrons. The number of hydrogen-bond donors (Lipinski definition) is 0. The van der Waals surface area contributed by atoms with E-state index < -0.39 is 0 Å². The van der Waals surface area contributed by atoms with Gasteiger partial charge in [0.1, 0.15) is 11.9 Å². The van der Waals surface area contributed by atoms with Crippen LogP contribution in [-0.2, 0) is 4.74 Å². The SMILES string of the molecule is CCCCCCCCCC1CSC(C)=C(CC)O1. The van der Waals surface area contributed by atoms with Gasteiger partial charge in [-0.3, -0.25) is 0 Å². The van der Waals surface area contributed by atoms with Crippen molar-refractivity contribution in [2.45, 2.75) is 84.7 Å². The summed E-state index contributed by atoms with van der Waals surface area (Å²) in [6, 6.07) is 0. The largest absolute Gasteiger partial charge is 0.493 e. The second-order valence-electron chi connectivity index (χ2n) is 5.29. The molecular weight excluding hydrogens is 240 g/mol. The standard InChI is InChI=1S/C16H30OS/c1-4-6-7-8-9-10-11-12-15-13-18-14(3)16(5-2)17-15/h15H,4-13H2,1-3H3. The minimum Gasteiger partial charge on any atom is -0.493 e. The molecule has 0 aliphatic carbocycles. The summed E-state index contributed by atoms with van der Waals surface area (Å²) < 4.78 is 6.05. The zero-order valence-electron chi connectivity index (χ0n) is 12.5. The second-order valence-corrected chi connectivity index (χ2v) is 6.53. The van der Waals surface area contributed by atoms with Crippen LogP contribution in [0.2, 0.25) is 0 Å². The van der Waals surface area contributed by atoms with Gasteiger partial charge in [0.2, 0.25) is 0 Å². The molecule has 0 amide bonds. The average Bonchev–Trinajstić information content (AvgIpc) is 2.39. The highest BCUT2D eigenvalue weighted by Gasteiger charge is 2.18. The van der Waals surface area contributed by atoms with Crippen LogP contribution in [0.25, 0.3) is 0 Å². The summed E-state index contributed by atoms with van der Waals surface area (Å²) in [5.74, 6) is 2.39. The lowest BCUT2D eigenvalue weighted by atomic mass is 10.1. The van der Waals surface area contributed by atoms with Crippen LogP contribution in [0.4, 0.5) is 0 Å². The quantitative estimate of drug-likeness (QED) is 0.482. The van der Waals surface area contributed by atoms with Gasteiger partial charge in [-0.2, -0.15) is 0 Å². The van der Waals surface area contributed by atoms with Crippen molar-refractivity contribution in [2.24, 2.45) is 0 Å². The summed E-state index contributed by atoms with van der Waals surface area (Å²) in [6.07, 6.45) is 12.5. The maximum absolute atomic E-state index is 6.05. The fraction of sp³-hybridized carbons (Fsp3) is 0.875. The Morgan fingerprint density at radius 2 is 1.72 bits per heavy atom. The molecule has 0 N–H and O–H groups in total. The molecule has 1 unspecified atom stereocenters. The summed E-state index contributed by atoms with van der Waals surface area (Å²) >= 11 is 1.99. The van der Waals surface area contributed by atoms with Crippen LogP contribution >= 0.6 is 11.8 Å². The first-order valence-electron chi connectivity index (χ1n) is 7.77. The number of rotatable bonds is 9. The van der Waals surface area contributed by atoms with Gasteiger partial charge in [0.15, 0.2) is 0 Å². The van der Waals surface area contributed by atoms with Gasteiger partial charge in [-0.25, -0.2) is 0 Å².